The smallest absolute Gasteiger partial charge is 0.338 e. The lowest BCUT2D eigenvalue weighted by Crippen LogP contribution is -2.27. The Morgan fingerprint density at radius 3 is 2.37 bits per heavy atom. The summed E-state index contributed by atoms with van der Waals surface area (Å²) in [6.45, 7) is 4.59. The Kier molecular flexibility index (Phi) is 6.95. The van der Waals surface area contributed by atoms with Crippen LogP contribution in [0.5, 0.6) is 0 Å². The lowest BCUT2D eigenvalue weighted by molar-refractivity contribution is 0.0526. The number of carbonyl (C=O) groups excluding carboxylic acids is 2. The number of nitrogens with one attached hydrogen (secondary N) is 1. The molecule has 0 aliphatic heterocycles. The summed E-state index contributed by atoms with van der Waals surface area (Å²) in [5, 5.41) is 8.12. The van der Waals surface area contributed by atoms with Gasteiger partial charge in [0.25, 0.3) is 11.5 Å². The molecule has 7 heteroatoms. The fraction of sp³-hybridized carbons (Fsp3) is 0.304. The quantitative estimate of drug-likeness (QED) is 0.450. The Morgan fingerprint density at radius 2 is 1.70 bits per heavy atom. The first-order valence-electron chi connectivity index (χ1n) is 10.1. The maximum Gasteiger partial charge on any atom is 0.338 e. The summed E-state index contributed by atoms with van der Waals surface area (Å²) in [6.07, 6.45) is 2.82. The van der Waals surface area contributed by atoms with E-state index in [2.05, 4.69) is 17.3 Å². The summed E-state index contributed by atoms with van der Waals surface area (Å²) in [5.41, 5.74) is 0.916. The molecule has 0 atom stereocenters. The molecule has 0 fully saturated rings. The number of fused-ring (bicyclic) bond motifs is 1. The van der Waals surface area contributed by atoms with E-state index in [4.69, 9.17) is 4.74 Å². The minimum absolute atomic E-state index is 0.191. The van der Waals surface area contributed by atoms with Crippen molar-refractivity contribution in [1.82, 2.24) is 9.78 Å². The molecule has 0 spiro atoms. The van der Waals surface area contributed by atoms with E-state index in [1.807, 2.05) is 0 Å². The highest BCUT2D eigenvalue weighted by molar-refractivity contribution is 6.11. The molecular formula is C23H25N3O4. The van der Waals surface area contributed by atoms with Crippen molar-refractivity contribution in [3.63, 3.8) is 0 Å². The number of nitrogens with zero attached hydrogens (tertiary/aromatic N) is 2. The lowest BCUT2D eigenvalue weighted by Gasteiger charge is -2.11. The van der Waals surface area contributed by atoms with Gasteiger partial charge in [-0.2, -0.15) is 5.10 Å². The second-order valence-corrected chi connectivity index (χ2v) is 6.88. The predicted molar refractivity (Wildman–Crippen MR) is 116 cm³/mol. The van der Waals surface area contributed by atoms with Crippen LogP contribution in [0.1, 0.15) is 54.0 Å². The van der Waals surface area contributed by atoms with Gasteiger partial charge in [0.05, 0.1) is 17.6 Å². The fourth-order valence-electron chi connectivity index (χ4n) is 3.16. The Balaban J connectivity index is 1.89. The van der Waals surface area contributed by atoms with E-state index in [0.29, 0.717) is 35.2 Å². The molecule has 0 bridgehead atoms. The molecule has 0 unspecified atom stereocenters. The number of aromatic nitrogens is 2. The second kappa shape index (κ2) is 9.82. The van der Waals surface area contributed by atoms with Crippen LogP contribution < -0.4 is 10.9 Å². The first-order valence-corrected chi connectivity index (χ1v) is 10.1. The number of hydrogen-bond acceptors (Lipinski definition) is 5. The van der Waals surface area contributed by atoms with Crippen LogP contribution in [0.2, 0.25) is 0 Å². The van der Waals surface area contributed by atoms with E-state index in [9.17, 15) is 14.4 Å². The number of rotatable bonds is 8. The molecule has 1 aromatic heterocycles. The highest BCUT2D eigenvalue weighted by Crippen LogP contribution is 2.17. The van der Waals surface area contributed by atoms with Crippen LogP contribution >= 0.6 is 0 Å². The molecule has 0 radical (unpaired) electrons. The number of esters is 1. The molecule has 7 nitrogen and oxygen atoms in total. The molecule has 0 saturated carbocycles. The van der Waals surface area contributed by atoms with E-state index >= 15 is 0 Å². The van der Waals surface area contributed by atoms with Gasteiger partial charge in [-0.3, -0.25) is 9.59 Å². The van der Waals surface area contributed by atoms with E-state index in [-0.39, 0.29) is 11.3 Å². The van der Waals surface area contributed by atoms with Crippen molar-refractivity contribution in [3.05, 3.63) is 70.1 Å². The Labute approximate surface area is 174 Å². The largest absolute Gasteiger partial charge is 0.462 e. The predicted octanol–water partition coefficient (Wildman–Crippen LogP) is 4.02. The van der Waals surface area contributed by atoms with Gasteiger partial charge in [0.15, 0.2) is 5.69 Å². The fourth-order valence-corrected chi connectivity index (χ4v) is 3.16. The zero-order valence-corrected chi connectivity index (χ0v) is 17.2. The number of aryl methyl sites for hydroxylation is 1. The minimum Gasteiger partial charge on any atom is -0.462 e. The van der Waals surface area contributed by atoms with Crippen LogP contribution in [0.3, 0.4) is 0 Å². The number of anilines is 1. The molecule has 3 rings (SSSR count). The first-order chi connectivity index (χ1) is 14.5. The van der Waals surface area contributed by atoms with Crippen LogP contribution in [0.15, 0.2) is 53.3 Å². The number of hydrogen-bond donors (Lipinski definition) is 1. The minimum atomic E-state index is -0.417. The van der Waals surface area contributed by atoms with Gasteiger partial charge in [-0.15, -0.1) is 0 Å². The van der Waals surface area contributed by atoms with Crippen molar-refractivity contribution in [2.45, 2.75) is 39.7 Å². The van der Waals surface area contributed by atoms with Crippen LogP contribution in [0.4, 0.5) is 5.69 Å². The molecule has 1 N–H and O–H groups in total. The van der Waals surface area contributed by atoms with E-state index in [1.165, 1.54) is 4.68 Å². The number of benzene rings is 2. The topological polar surface area (TPSA) is 90.3 Å². The second-order valence-electron chi connectivity index (χ2n) is 6.88. The molecule has 156 valence electrons. The molecule has 3 aromatic rings. The molecule has 0 saturated heterocycles. The van der Waals surface area contributed by atoms with Crippen molar-refractivity contribution >= 4 is 28.3 Å². The van der Waals surface area contributed by atoms with Crippen molar-refractivity contribution in [2.24, 2.45) is 0 Å². The number of amides is 1. The maximum absolute atomic E-state index is 13.0. The zero-order chi connectivity index (χ0) is 21.5. The number of unbranched alkanes of at least 4 members (excludes halogenated alkanes) is 2. The summed E-state index contributed by atoms with van der Waals surface area (Å²) in [6, 6.07) is 13.4. The monoisotopic (exact) mass is 407 g/mol. The van der Waals surface area contributed by atoms with Crippen molar-refractivity contribution < 1.29 is 14.3 Å². The third-order valence-electron chi connectivity index (χ3n) is 4.71. The SMILES string of the molecule is CCCCCn1nc(C(=O)Nc2ccc(C(=O)OCC)cc2)c2ccccc2c1=O. The summed E-state index contributed by atoms with van der Waals surface area (Å²) in [5.74, 6) is -0.832. The highest BCUT2D eigenvalue weighted by Gasteiger charge is 2.17. The summed E-state index contributed by atoms with van der Waals surface area (Å²) < 4.78 is 6.33. The number of carbonyl (C=O) groups is 2. The van der Waals surface area contributed by atoms with Crippen LogP contribution in [0, 0.1) is 0 Å². The Hall–Kier alpha value is -3.48. The third-order valence-corrected chi connectivity index (χ3v) is 4.71. The Bertz CT molecular complexity index is 1100. The van der Waals surface area contributed by atoms with Gasteiger partial charge in [0, 0.05) is 17.6 Å². The van der Waals surface area contributed by atoms with Crippen LogP contribution in [-0.2, 0) is 11.3 Å². The molecule has 1 heterocycles. The molecule has 0 aliphatic rings. The maximum atomic E-state index is 13.0. The Morgan fingerprint density at radius 1 is 1.00 bits per heavy atom. The first kappa shape index (κ1) is 21.2. The van der Waals surface area contributed by atoms with Gasteiger partial charge in [-0.05, 0) is 43.7 Å². The van der Waals surface area contributed by atoms with Gasteiger partial charge < -0.3 is 10.1 Å². The molecule has 1 amide bonds. The van der Waals surface area contributed by atoms with Crippen molar-refractivity contribution in [3.8, 4) is 0 Å². The van der Waals surface area contributed by atoms with Crippen LogP contribution in [-0.4, -0.2) is 28.3 Å². The van der Waals surface area contributed by atoms with Gasteiger partial charge in [-0.1, -0.05) is 38.0 Å². The highest BCUT2D eigenvalue weighted by atomic mass is 16.5. The van der Waals surface area contributed by atoms with Gasteiger partial charge in [0.1, 0.15) is 0 Å². The standard InChI is InChI=1S/C23H25N3O4/c1-3-5-8-15-26-22(28)19-10-7-6-9-18(19)20(25-26)21(27)24-17-13-11-16(12-14-17)23(29)30-4-2/h6-7,9-14H,3-5,8,15H2,1-2H3,(H,24,27). The zero-order valence-electron chi connectivity index (χ0n) is 17.2. The van der Waals surface area contributed by atoms with E-state index < -0.39 is 11.9 Å². The summed E-state index contributed by atoms with van der Waals surface area (Å²) in [7, 11) is 0. The normalized spacial score (nSPS) is 10.7. The molecule has 30 heavy (non-hydrogen) atoms. The van der Waals surface area contributed by atoms with Gasteiger partial charge in [0.2, 0.25) is 0 Å². The molecule has 0 aliphatic carbocycles. The third kappa shape index (κ3) is 4.74. The van der Waals surface area contributed by atoms with Crippen molar-refractivity contribution in [2.75, 3.05) is 11.9 Å². The molecular weight excluding hydrogens is 382 g/mol. The van der Waals surface area contributed by atoms with E-state index in [0.717, 1.165) is 19.3 Å². The number of ether oxygens (including phenoxy) is 1. The van der Waals surface area contributed by atoms with E-state index in [1.54, 1.807) is 55.5 Å². The van der Waals surface area contributed by atoms with Crippen molar-refractivity contribution in [1.29, 1.82) is 0 Å². The van der Waals surface area contributed by atoms with Gasteiger partial charge in [-0.25, -0.2) is 9.48 Å². The molecule has 2 aromatic carbocycles. The lowest BCUT2D eigenvalue weighted by atomic mass is 10.1. The summed E-state index contributed by atoms with van der Waals surface area (Å²) >= 11 is 0. The average Bonchev–Trinajstić information content (AvgIpc) is 2.76. The summed E-state index contributed by atoms with van der Waals surface area (Å²) in [4.78, 5) is 37.5. The average molecular weight is 407 g/mol. The van der Waals surface area contributed by atoms with Crippen LogP contribution in [0.25, 0.3) is 10.8 Å². The van der Waals surface area contributed by atoms with Gasteiger partial charge >= 0.3 is 5.97 Å².